The molecule has 1 saturated heterocycles. The lowest BCUT2D eigenvalue weighted by Crippen LogP contribution is -2.51. The van der Waals surface area contributed by atoms with Crippen LogP contribution in [-0.4, -0.2) is 48.6 Å². The monoisotopic (exact) mass is 359 g/mol. The van der Waals surface area contributed by atoms with Crippen LogP contribution in [0.5, 0.6) is 0 Å². The fourth-order valence-electron chi connectivity index (χ4n) is 2.95. The van der Waals surface area contributed by atoms with Gasteiger partial charge in [-0.3, -0.25) is 4.90 Å². The molecule has 0 aromatic carbocycles. The first-order valence-electron chi connectivity index (χ1n) is 7.63. The van der Waals surface area contributed by atoms with Crippen LogP contribution >= 0.6 is 27.3 Å². The molecule has 2 atom stereocenters. The van der Waals surface area contributed by atoms with Crippen molar-refractivity contribution < 1.29 is 0 Å². The number of nitrogens with zero attached hydrogens (tertiary/aromatic N) is 2. The van der Waals surface area contributed by atoms with Gasteiger partial charge >= 0.3 is 0 Å². The zero-order chi connectivity index (χ0) is 14.5. The average Bonchev–Trinajstić information content (AvgIpc) is 2.87. The number of halogens is 1. The second-order valence-corrected chi connectivity index (χ2v) is 8.03. The van der Waals surface area contributed by atoms with Crippen LogP contribution < -0.4 is 5.73 Å². The highest BCUT2D eigenvalue weighted by atomic mass is 79.9. The summed E-state index contributed by atoms with van der Waals surface area (Å²) in [6.45, 7) is 10.3. The highest BCUT2D eigenvalue weighted by Gasteiger charge is 2.29. The van der Waals surface area contributed by atoms with E-state index in [1.165, 1.54) is 34.7 Å². The molecule has 2 rings (SSSR count). The van der Waals surface area contributed by atoms with Gasteiger partial charge in [0.15, 0.2) is 0 Å². The Labute approximate surface area is 135 Å². The van der Waals surface area contributed by atoms with Crippen LogP contribution in [0.2, 0.25) is 0 Å². The van der Waals surface area contributed by atoms with E-state index in [2.05, 4.69) is 51.7 Å². The van der Waals surface area contributed by atoms with Gasteiger partial charge in [0, 0.05) is 37.1 Å². The summed E-state index contributed by atoms with van der Waals surface area (Å²) in [7, 11) is 0. The number of thiophene rings is 1. The van der Waals surface area contributed by atoms with Crippen LogP contribution in [0.25, 0.3) is 0 Å². The summed E-state index contributed by atoms with van der Waals surface area (Å²) < 4.78 is 1.20. The Morgan fingerprint density at radius 3 is 2.45 bits per heavy atom. The molecule has 0 amide bonds. The first-order chi connectivity index (χ1) is 9.65. The highest BCUT2D eigenvalue weighted by Crippen LogP contribution is 2.33. The molecule has 2 heterocycles. The zero-order valence-corrected chi connectivity index (χ0v) is 14.9. The van der Waals surface area contributed by atoms with Gasteiger partial charge in [0.25, 0.3) is 0 Å². The molecule has 0 aliphatic carbocycles. The van der Waals surface area contributed by atoms with E-state index < -0.39 is 0 Å². The average molecular weight is 360 g/mol. The molecule has 0 radical (unpaired) electrons. The smallest absolute Gasteiger partial charge is 0.0702 e. The van der Waals surface area contributed by atoms with Crippen LogP contribution in [0.15, 0.2) is 15.9 Å². The van der Waals surface area contributed by atoms with Crippen molar-refractivity contribution in [3.63, 3.8) is 0 Å². The normalized spacial score (nSPS) is 21.0. The van der Waals surface area contributed by atoms with Crippen molar-refractivity contribution >= 4 is 27.3 Å². The van der Waals surface area contributed by atoms with Crippen LogP contribution in [0.1, 0.15) is 37.6 Å². The van der Waals surface area contributed by atoms with Crippen molar-refractivity contribution in [3.8, 4) is 0 Å². The molecule has 5 heteroatoms. The second-order valence-electron chi connectivity index (χ2n) is 5.54. The van der Waals surface area contributed by atoms with Crippen molar-refractivity contribution in [1.82, 2.24) is 9.80 Å². The fourth-order valence-corrected chi connectivity index (χ4v) is 4.59. The molecule has 1 aliphatic heterocycles. The molecule has 0 saturated carbocycles. The number of hydrogen-bond donors (Lipinski definition) is 1. The topological polar surface area (TPSA) is 32.5 Å². The number of piperazine rings is 1. The van der Waals surface area contributed by atoms with E-state index in [0.29, 0.717) is 6.04 Å². The van der Waals surface area contributed by atoms with Crippen molar-refractivity contribution in [2.24, 2.45) is 5.73 Å². The molecule has 2 unspecified atom stereocenters. The number of nitrogens with two attached hydrogens (primary N) is 1. The minimum absolute atomic E-state index is 0.221. The molecule has 20 heavy (non-hydrogen) atoms. The van der Waals surface area contributed by atoms with E-state index in [-0.39, 0.29) is 6.04 Å². The molecule has 114 valence electrons. The van der Waals surface area contributed by atoms with Gasteiger partial charge in [-0.2, -0.15) is 0 Å². The van der Waals surface area contributed by atoms with Crippen LogP contribution in [0, 0.1) is 0 Å². The summed E-state index contributed by atoms with van der Waals surface area (Å²) in [6.07, 6.45) is 2.27. The standard InChI is InChI=1S/C15H26BrN3S/c1-3-7-18-8-10-19(11-9-18)15(12(17)4-2)13-5-6-14(16)20-13/h5-6,12,15H,3-4,7-11,17H2,1-2H3. The maximum atomic E-state index is 6.42. The molecule has 0 spiro atoms. The van der Waals surface area contributed by atoms with Gasteiger partial charge in [-0.15, -0.1) is 11.3 Å². The summed E-state index contributed by atoms with van der Waals surface area (Å²) in [5.74, 6) is 0. The van der Waals surface area contributed by atoms with Gasteiger partial charge in [-0.05, 0) is 47.4 Å². The third-order valence-electron chi connectivity index (χ3n) is 4.10. The Hall–Kier alpha value is 0.0600. The van der Waals surface area contributed by atoms with E-state index in [0.717, 1.165) is 19.5 Å². The van der Waals surface area contributed by atoms with Crippen molar-refractivity contribution in [3.05, 3.63) is 20.8 Å². The van der Waals surface area contributed by atoms with E-state index in [1.807, 2.05) is 11.3 Å². The predicted octanol–water partition coefficient (Wildman–Crippen LogP) is 3.32. The minimum atomic E-state index is 0.221. The summed E-state index contributed by atoms with van der Waals surface area (Å²) in [6, 6.07) is 4.97. The quantitative estimate of drug-likeness (QED) is 0.845. The Kier molecular flexibility index (Phi) is 6.49. The lowest BCUT2D eigenvalue weighted by atomic mass is 10.0. The zero-order valence-electron chi connectivity index (χ0n) is 12.5. The lowest BCUT2D eigenvalue weighted by molar-refractivity contribution is 0.0851. The number of rotatable bonds is 6. The maximum Gasteiger partial charge on any atom is 0.0702 e. The molecule has 1 fully saturated rings. The summed E-state index contributed by atoms with van der Waals surface area (Å²) in [5.41, 5.74) is 6.42. The van der Waals surface area contributed by atoms with Crippen molar-refractivity contribution in [2.75, 3.05) is 32.7 Å². The Bertz CT molecular complexity index is 402. The Balaban J connectivity index is 2.05. The maximum absolute atomic E-state index is 6.42. The molecule has 2 N–H and O–H groups in total. The van der Waals surface area contributed by atoms with E-state index in [1.54, 1.807) is 0 Å². The molecular weight excluding hydrogens is 334 g/mol. The third-order valence-corrected chi connectivity index (χ3v) is 5.80. The Morgan fingerprint density at radius 2 is 1.95 bits per heavy atom. The van der Waals surface area contributed by atoms with Crippen LogP contribution in [0.3, 0.4) is 0 Å². The second kappa shape index (κ2) is 7.90. The molecule has 0 bridgehead atoms. The van der Waals surface area contributed by atoms with Gasteiger partial charge < -0.3 is 10.6 Å². The van der Waals surface area contributed by atoms with Crippen LogP contribution in [-0.2, 0) is 0 Å². The van der Waals surface area contributed by atoms with Gasteiger partial charge in [0.2, 0.25) is 0 Å². The van der Waals surface area contributed by atoms with E-state index in [4.69, 9.17) is 5.73 Å². The SMILES string of the molecule is CCCN1CCN(C(c2ccc(Br)s2)C(N)CC)CC1. The van der Waals surface area contributed by atoms with Crippen molar-refractivity contribution in [1.29, 1.82) is 0 Å². The summed E-state index contributed by atoms with van der Waals surface area (Å²) in [4.78, 5) is 6.55. The summed E-state index contributed by atoms with van der Waals surface area (Å²) in [5, 5.41) is 0. The third kappa shape index (κ3) is 4.04. The molecule has 3 nitrogen and oxygen atoms in total. The molecular formula is C15H26BrN3S. The van der Waals surface area contributed by atoms with Crippen molar-refractivity contribution in [2.45, 2.75) is 38.8 Å². The largest absolute Gasteiger partial charge is 0.326 e. The first-order valence-corrected chi connectivity index (χ1v) is 9.23. The number of hydrogen-bond acceptors (Lipinski definition) is 4. The summed E-state index contributed by atoms with van der Waals surface area (Å²) >= 11 is 5.40. The van der Waals surface area contributed by atoms with Gasteiger partial charge in [0.05, 0.1) is 9.83 Å². The Morgan fingerprint density at radius 1 is 1.25 bits per heavy atom. The van der Waals surface area contributed by atoms with Gasteiger partial charge in [-0.1, -0.05) is 13.8 Å². The highest BCUT2D eigenvalue weighted by molar-refractivity contribution is 9.11. The van der Waals surface area contributed by atoms with Gasteiger partial charge in [-0.25, -0.2) is 0 Å². The first kappa shape index (κ1) is 16.4. The van der Waals surface area contributed by atoms with E-state index in [9.17, 15) is 0 Å². The predicted molar refractivity (Wildman–Crippen MR) is 91.3 cm³/mol. The fraction of sp³-hybridized carbons (Fsp3) is 0.733. The minimum Gasteiger partial charge on any atom is -0.326 e. The van der Waals surface area contributed by atoms with Gasteiger partial charge in [0.1, 0.15) is 0 Å². The molecule has 1 aliphatic rings. The molecule has 1 aromatic heterocycles. The molecule has 1 aromatic rings. The lowest BCUT2D eigenvalue weighted by Gasteiger charge is -2.41. The van der Waals surface area contributed by atoms with E-state index >= 15 is 0 Å². The van der Waals surface area contributed by atoms with Crippen LogP contribution in [0.4, 0.5) is 0 Å².